The summed E-state index contributed by atoms with van der Waals surface area (Å²) >= 11 is 0. The van der Waals surface area contributed by atoms with Crippen molar-refractivity contribution >= 4 is 0 Å². The van der Waals surface area contributed by atoms with Crippen LogP contribution in [0.1, 0.15) is 37.8 Å². The van der Waals surface area contributed by atoms with Gasteiger partial charge in [0, 0.05) is 12.1 Å². The predicted molar refractivity (Wildman–Crippen MR) is 68.2 cm³/mol. The van der Waals surface area contributed by atoms with Crippen molar-refractivity contribution in [3.63, 3.8) is 0 Å². The first-order valence-corrected chi connectivity index (χ1v) is 6.35. The van der Waals surface area contributed by atoms with E-state index in [1.807, 2.05) is 6.07 Å². The van der Waals surface area contributed by atoms with Crippen LogP contribution in [0.2, 0.25) is 0 Å². The molecule has 88 valence electrons. The molecule has 1 saturated carbocycles. The second-order valence-electron chi connectivity index (χ2n) is 4.77. The zero-order valence-corrected chi connectivity index (χ0v) is 10.0. The first-order chi connectivity index (χ1) is 7.81. The fourth-order valence-corrected chi connectivity index (χ4v) is 2.24. The third kappa shape index (κ3) is 3.06. The average Bonchev–Trinajstić information content (AvgIpc) is 3.09. The van der Waals surface area contributed by atoms with Crippen LogP contribution in [0, 0.1) is 5.92 Å². The van der Waals surface area contributed by atoms with Crippen molar-refractivity contribution in [1.82, 2.24) is 5.32 Å². The Hall–Kier alpha value is -0.860. The third-order valence-corrected chi connectivity index (χ3v) is 3.54. The Bertz CT molecular complexity index is 310. The van der Waals surface area contributed by atoms with Crippen molar-refractivity contribution in [2.75, 3.05) is 6.54 Å². The van der Waals surface area contributed by atoms with Crippen LogP contribution in [0.5, 0.6) is 0 Å². The van der Waals surface area contributed by atoms with Gasteiger partial charge in [0.15, 0.2) is 0 Å². The Morgan fingerprint density at radius 2 is 2.12 bits per heavy atom. The van der Waals surface area contributed by atoms with E-state index in [0.717, 1.165) is 24.9 Å². The minimum absolute atomic E-state index is 0.174. The van der Waals surface area contributed by atoms with Crippen molar-refractivity contribution in [1.29, 1.82) is 0 Å². The molecule has 1 aliphatic carbocycles. The van der Waals surface area contributed by atoms with Gasteiger partial charge < -0.3 is 11.1 Å². The minimum Gasteiger partial charge on any atom is -0.324 e. The summed E-state index contributed by atoms with van der Waals surface area (Å²) in [6.07, 6.45) is 3.69. The molecule has 16 heavy (non-hydrogen) atoms. The SMILES string of the molecule is CCC1CC1NCCC(N)c1ccccc1. The fourth-order valence-electron chi connectivity index (χ4n) is 2.24. The smallest absolute Gasteiger partial charge is 0.0306 e. The minimum atomic E-state index is 0.174. The summed E-state index contributed by atoms with van der Waals surface area (Å²) in [5.41, 5.74) is 7.37. The molecular weight excluding hydrogens is 196 g/mol. The molecule has 0 aliphatic heterocycles. The van der Waals surface area contributed by atoms with Gasteiger partial charge >= 0.3 is 0 Å². The van der Waals surface area contributed by atoms with E-state index in [0.29, 0.717) is 0 Å². The molecule has 0 heterocycles. The number of benzene rings is 1. The average molecular weight is 218 g/mol. The molecule has 1 aromatic carbocycles. The lowest BCUT2D eigenvalue weighted by Crippen LogP contribution is -2.23. The second-order valence-corrected chi connectivity index (χ2v) is 4.77. The van der Waals surface area contributed by atoms with E-state index in [1.54, 1.807) is 0 Å². The quantitative estimate of drug-likeness (QED) is 0.769. The van der Waals surface area contributed by atoms with E-state index in [-0.39, 0.29) is 6.04 Å². The van der Waals surface area contributed by atoms with Gasteiger partial charge in [-0.3, -0.25) is 0 Å². The first kappa shape index (κ1) is 11.6. The largest absolute Gasteiger partial charge is 0.324 e. The lowest BCUT2D eigenvalue weighted by molar-refractivity contribution is 0.556. The zero-order chi connectivity index (χ0) is 11.4. The van der Waals surface area contributed by atoms with Crippen LogP contribution in [-0.4, -0.2) is 12.6 Å². The predicted octanol–water partition coefficient (Wildman–Crippen LogP) is 2.46. The van der Waals surface area contributed by atoms with Crippen LogP contribution in [0.3, 0.4) is 0 Å². The molecule has 0 amide bonds. The molecule has 0 saturated heterocycles. The highest BCUT2D eigenvalue weighted by molar-refractivity contribution is 5.18. The number of hydrogen-bond acceptors (Lipinski definition) is 2. The molecule has 1 aromatic rings. The lowest BCUT2D eigenvalue weighted by atomic mass is 10.1. The molecule has 1 fully saturated rings. The van der Waals surface area contributed by atoms with Crippen molar-refractivity contribution < 1.29 is 0 Å². The molecule has 2 rings (SSSR count). The van der Waals surface area contributed by atoms with E-state index < -0.39 is 0 Å². The number of rotatable bonds is 6. The molecule has 3 unspecified atom stereocenters. The van der Waals surface area contributed by atoms with Gasteiger partial charge in [0.25, 0.3) is 0 Å². The maximum Gasteiger partial charge on any atom is 0.0306 e. The number of hydrogen-bond donors (Lipinski definition) is 2. The third-order valence-electron chi connectivity index (χ3n) is 3.54. The van der Waals surface area contributed by atoms with Gasteiger partial charge in [-0.2, -0.15) is 0 Å². The molecule has 0 aromatic heterocycles. The Kier molecular flexibility index (Phi) is 3.97. The zero-order valence-electron chi connectivity index (χ0n) is 10.0. The molecule has 3 N–H and O–H groups in total. The van der Waals surface area contributed by atoms with Crippen molar-refractivity contribution in [3.8, 4) is 0 Å². The topological polar surface area (TPSA) is 38.0 Å². The van der Waals surface area contributed by atoms with E-state index >= 15 is 0 Å². The molecule has 1 aliphatic rings. The van der Waals surface area contributed by atoms with E-state index in [2.05, 4.69) is 36.5 Å². The van der Waals surface area contributed by atoms with E-state index in [1.165, 1.54) is 18.4 Å². The molecule has 0 bridgehead atoms. The van der Waals surface area contributed by atoms with Crippen LogP contribution < -0.4 is 11.1 Å². The van der Waals surface area contributed by atoms with Crippen LogP contribution in [0.15, 0.2) is 30.3 Å². The monoisotopic (exact) mass is 218 g/mol. The second kappa shape index (κ2) is 5.46. The Balaban J connectivity index is 1.67. The summed E-state index contributed by atoms with van der Waals surface area (Å²) in [4.78, 5) is 0. The molecular formula is C14H22N2. The Morgan fingerprint density at radius 3 is 2.75 bits per heavy atom. The number of nitrogens with one attached hydrogen (secondary N) is 1. The van der Waals surface area contributed by atoms with Gasteiger partial charge in [0.1, 0.15) is 0 Å². The van der Waals surface area contributed by atoms with Gasteiger partial charge in [-0.1, -0.05) is 43.7 Å². The summed E-state index contributed by atoms with van der Waals surface area (Å²) in [5, 5.41) is 3.58. The standard InChI is InChI=1S/C14H22N2/c1-2-11-10-14(11)16-9-8-13(15)12-6-4-3-5-7-12/h3-7,11,13-14,16H,2,8-10,15H2,1H3. The highest BCUT2D eigenvalue weighted by atomic mass is 15.0. The van der Waals surface area contributed by atoms with Gasteiger partial charge in [0.05, 0.1) is 0 Å². The Morgan fingerprint density at radius 1 is 1.38 bits per heavy atom. The van der Waals surface area contributed by atoms with Crippen LogP contribution in [-0.2, 0) is 0 Å². The van der Waals surface area contributed by atoms with Gasteiger partial charge in [-0.15, -0.1) is 0 Å². The summed E-state index contributed by atoms with van der Waals surface area (Å²) in [7, 11) is 0. The van der Waals surface area contributed by atoms with Crippen molar-refractivity contribution in [2.45, 2.75) is 38.3 Å². The summed E-state index contributed by atoms with van der Waals surface area (Å²) in [6.45, 7) is 3.30. The summed E-state index contributed by atoms with van der Waals surface area (Å²) < 4.78 is 0. The maximum absolute atomic E-state index is 6.13. The molecule has 0 spiro atoms. The molecule has 2 heteroatoms. The number of nitrogens with two attached hydrogens (primary N) is 1. The molecule has 0 radical (unpaired) electrons. The van der Waals surface area contributed by atoms with Gasteiger partial charge in [0.2, 0.25) is 0 Å². The Labute approximate surface area is 98.2 Å². The lowest BCUT2D eigenvalue weighted by Gasteiger charge is -2.12. The van der Waals surface area contributed by atoms with Crippen LogP contribution in [0.25, 0.3) is 0 Å². The van der Waals surface area contributed by atoms with Gasteiger partial charge in [-0.05, 0) is 30.9 Å². The van der Waals surface area contributed by atoms with Crippen LogP contribution in [0.4, 0.5) is 0 Å². The highest BCUT2D eigenvalue weighted by Crippen LogP contribution is 2.33. The normalized spacial score (nSPS) is 25.4. The fraction of sp³-hybridized carbons (Fsp3) is 0.571. The molecule has 2 nitrogen and oxygen atoms in total. The van der Waals surface area contributed by atoms with E-state index in [9.17, 15) is 0 Å². The van der Waals surface area contributed by atoms with Crippen LogP contribution >= 0.6 is 0 Å². The first-order valence-electron chi connectivity index (χ1n) is 6.35. The summed E-state index contributed by atoms with van der Waals surface area (Å²) in [6, 6.07) is 11.3. The van der Waals surface area contributed by atoms with Crippen molar-refractivity contribution in [3.05, 3.63) is 35.9 Å². The highest BCUT2D eigenvalue weighted by Gasteiger charge is 2.34. The maximum atomic E-state index is 6.13. The summed E-state index contributed by atoms with van der Waals surface area (Å²) in [5.74, 6) is 0.924. The van der Waals surface area contributed by atoms with Crippen molar-refractivity contribution in [2.24, 2.45) is 11.7 Å². The van der Waals surface area contributed by atoms with E-state index in [4.69, 9.17) is 5.73 Å². The molecule has 3 atom stereocenters. The van der Waals surface area contributed by atoms with Gasteiger partial charge in [-0.25, -0.2) is 0 Å².